The van der Waals surface area contributed by atoms with E-state index in [2.05, 4.69) is 0 Å². The van der Waals surface area contributed by atoms with Gasteiger partial charge in [0.1, 0.15) is 17.2 Å². The van der Waals surface area contributed by atoms with Crippen LogP contribution >= 0.6 is 0 Å². The second-order valence-electron chi connectivity index (χ2n) is 4.92. The zero-order valence-electron chi connectivity index (χ0n) is 12.9. The second-order valence-corrected chi connectivity index (χ2v) is 4.92. The maximum Gasteiger partial charge on any atom is 0.339 e. The monoisotopic (exact) mass is 300 g/mol. The second kappa shape index (κ2) is 6.76. The number of aliphatic hydroxyl groups is 1. The van der Waals surface area contributed by atoms with Crippen molar-refractivity contribution in [3.63, 3.8) is 0 Å². The van der Waals surface area contributed by atoms with E-state index in [1.807, 2.05) is 0 Å². The molecule has 0 saturated carbocycles. The van der Waals surface area contributed by atoms with Crippen LogP contribution in [0.3, 0.4) is 0 Å². The normalized spacial score (nSPS) is 12.7. The van der Waals surface area contributed by atoms with Gasteiger partial charge in [-0.3, -0.25) is 0 Å². The largest absolute Gasteiger partial charge is 0.496 e. The molecule has 0 heterocycles. The minimum Gasteiger partial charge on any atom is -0.496 e. The van der Waals surface area contributed by atoms with Gasteiger partial charge in [-0.25, -0.2) is 9.18 Å². The summed E-state index contributed by atoms with van der Waals surface area (Å²) in [7, 11) is 2.79. The maximum atomic E-state index is 14.3. The average Bonchev–Trinajstić information content (AvgIpc) is 2.44. The van der Waals surface area contributed by atoms with Gasteiger partial charge < -0.3 is 19.3 Å². The van der Waals surface area contributed by atoms with E-state index in [-0.39, 0.29) is 29.2 Å². The predicted molar refractivity (Wildman–Crippen MR) is 75.3 cm³/mol. The average molecular weight is 300 g/mol. The van der Waals surface area contributed by atoms with Gasteiger partial charge in [-0.2, -0.15) is 0 Å². The van der Waals surface area contributed by atoms with Gasteiger partial charge in [-0.05, 0) is 26.8 Å². The van der Waals surface area contributed by atoms with Crippen LogP contribution < -0.4 is 9.47 Å². The van der Waals surface area contributed by atoms with Gasteiger partial charge in [0.05, 0.1) is 20.8 Å². The molecule has 6 heteroatoms. The number of hydrogen-bond acceptors (Lipinski definition) is 5. The zero-order valence-corrected chi connectivity index (χ0v) is 12.9. The Morgan fingerprint density at radius 1 is 1.29 bits per heavy atom. The van der Waals surface area contributed by atoms with Crippen molar-refractivity contribution in [1.82, 2.24) is 0 Å². The Hall–Kier alpha value is -1.82. The minimum absolute atomic E-state index is 0.135. The molecule has 1 rings (SSSR count). The molecular formula is C15H21FO5. The highest BCUT2D eigenvalue weighted by atomic mass is 19.1. The molecule has 0 aliphatic rings. The minimum atomic E-state index is -1.71. The molecule has 1 N–H and O–H groups in total. The van der Waals surface area contributed by atoms with Crippen LogP contribution in [0.25, 0.3) is 0 Å². The molecule has 21 heavy (non-hydrogen) atoms. The third kappa shape index (κ3) is 3.85. The van der Waals surface area contributed by atoms with E-state index < -0.39 is 17.7 Å². The molecule has 0 fully saturated rings. The van der Waals surface area contributed by atoms with Gasteiger partial charge in [0.2, 0.25) is 0 Å². The van der Waals surface area contributed by atoms with Crippen LogP contribution in [-0.2, 0) is 15.2 Å². The molecule has 1 aromatic rings. The summed E-state index contributed by atoms with van der Waals surface area (Å²) in [6.45, 7) is 4.48. The third-order valence-corrected chi connectivity index (χ3v) is 3.00. The van der Waals surface area contributed by atoms with Gasteiger partial charge in [0.25, 0.3) is 0 Å². The lowest BCUT2D eigenvalue weighted by atomic mass is 9.94. The number of ether oxygens (including phenoxy) is 3. The fourth-order valence-electron chi connectivity index (χ4n) is 1.95. The number of esters is 1. The first-order valence-electron chi connectivity index (χ1n) is 6.56. The van der Waals surface area contributed by atoms with E-state index in [0.29, 0.717) is 0 Å². The highest BCUT2D eigenvalue weighted by molar-refractivity contribution is 5.77. The smallest absolute Gasteiger partial charge is 0.339 e. The van der Waals surface area contributed by atoms with Crippen LogP contribution in [0.5, 0.6) is 11.5 Å². The SMILES string of the molecule is CCOC(=O)C(O)c1cc(C(C)(C)F)c(OC)cc1OC. The van der Waals surface area contributed by atoms with Crippen molar-refractivity contribution in [2.75, 3.05) is 20.8 Å². The number of carbonyl (C=O) groups is 1. The van der Waals surface area contributed by atoms with E-state index in [4.69, 9.17) is 14.2 Å². The lowest BCUT2D eigenvalue weighted by Crippen LogP contribution is -2.18. The molecule has 0 saturated heterocycles. The van der Waals surface area contributed by atoms with Crippen molar-refractivity contribution >= 4 is 5.97 Å². The van der Waals surface area contributed by atoms with E-state index in [1.54, 1.807) is 6.92 Å². The highest BCUT2D eigenvalue weighted by Gasteiger charge is 2.30. The van der Waals surface area contributed by atoms with E-state index >= 15 is 0 Å². The topological polar surface area (TPSA) is 65.0 Å². The fourth-order valence-corrected chi connectivity index (χ4v) is 1.95. The van der Waals surface area contributed by atoms with Crippen molar-refractivity contribution in [2.24, 2.45) is 0 Å². The van der Waals surface area contributed by atoms with Gasteiger partial charge >= 0.3 is 5.97 Å². The third-order valence-electron chi connectivity index (χ3n) is 3.00. The number of methoxy groups -OCH3 is 2. The van der Waals surface area contributed by atoms with Crippen LogP contribution in [-0.4, -0.2) is 31.9 Å². The van der Waals surface area contributed by atoms with Crippen LogP contribution in [0.2, 0.25) is 0 Å². The van der Waals surface area contributed by atoms with Crippen LogP contribution in [0.4, 0.5) is 4.39 Å². The van der Waals surface area contributed by atoms with Crippen molar-refractivity contribution in [3.8, 4) is 11.5 Å². The number of rotatable bonds is 6. The first kappa shape index (κ1) is 17.2. The van der Waals surface area contributed by atoms with Crippen molar-refractivity contribution < 1.29 is 28.5 Å². The Morgan fingerprint density at radius 2 is 1.86 bits per heavy atom. The standard InChI is InChI=1S/C15H21FO5/c1-6-21-14(18)13(17)9-7-10(15(2,3)16)12(20-5)8-11(9)19-4/h7-8,13,17H,6H2,1-5H3. The van der Waals surface area contributed by atoms with Gasteiger partial charge in [0, 0.05) is 17.2 Å². The predicted octanol–water partition coefficient (Wildman–Crippen LogP) is 2.50. The van der Waals surface area contributed by atoms with E-state index in [0.717, 1.165) is 0 Å². The summed E-state index contributed by atoms with van der Waals surface area (Å²) in [6, 6.07) is 2.80. The fraction of sp³-hybridized carbons (Fsp3) is 0.533. The molecule has 0 bridgehead atoms. The molecule has 0 aliphatic carbocycles. The maximum absolute atomic E-state index is 14.3. The Kier molecular flexibility index (Phi) is 5.54. The van der Waals surface area contributed by atoms with Crippen molar-refractivity contribution in [1.29, 1.82) is 0 Å². The first-order valence-corrected chi connectivity index (χ1v) is 6.56. The molecule has 5 nitrogen and oxygen atoms in total. The van der Waals surface area contributed by atoms with Crippen molar-refractivity contribution in [2.45, 2.75) is 32.5 Å². The Balaban J connectivity index is 3.40. The molecule has 0 spiro atoms. The van der Waals surface area contributed by atoms with Crippen LogP contribution in [0.1, 0.15) is 38.0 Å². The molecular weight excluding hydrogens is 279 g/mol. The molecule has 1 atom stereocenters. The molecule has 0 amide bonds. The molecule has 118 valence electrons. The summed E-state index contributed by atoms with van der Waals surface area (Å²) in [5, 5.41) is 10.1. The number of aliphatic hydroxyl groups excluding tert-OH is 1. The van der Waals surface area contributed by atoms with Gasteiger partial charge in [-0.15, -0.1) is 0 Å². The molecule has 1 unspecified atom stereocenters. The molecule has 0 aliphatic heterocycles. The lowest BCUT2D eigenvalue weighted by Gasteiger charge is -2.22. The van der Waals surface area contributed by atoms with Crippen LogP contribution in [0, 0.1) is 0 Å². The molecule has 0 aromatic heterocycles. The summed E-state index contributed by atoms with van der Waals surface area (Å²) >= 11 is 0. The number of carbonyl (C=O) groups excluding carboxylic acids is 1. The summed E-state index contributed by atoms with van der Waals surface area (Å²) in [5.41, 5.74) is -1.36. The lowest BCUT2D eigenvalue weighted by molar-refractivity contribution is -0.153. The van der Waals surface area contributed by atoms with E-state index in [9.17, 15) is 14.3 Å². The number of alkyl halides is 1. The quantitative estimate of drug-likeness (QED) is 0.818. The van der Waals surface area contributed by atoms with Gasteiger partial charge in [-0.1, -0.05) is 0 Å². The molecule has 0 radical (unpaired) electrons. The zero-order chi connectivity index (χ0) is 16.2. The van der Waals surface area contributed by atoms with Crippen LogP contribution in [0.15, 0.2) is 12.1 Å². The summed E-state index contributed by atoms with van der Waals surface area (Å²) < 4.78 is 29.3. The summed E-state index contributed by atoms with van der Waals surface area (Å²) in [4.78, 5) is 11.7. The summed E-state index contributed by atoms with van der Waals surface area (Å²) in [6.07, 6.45) is -1.55. The van der Waals surface area contributed by atoms with E-state index in [1.165, 1.54) is 40.2 Å². The summed E-state index contributed by atoms with van der Waals surface area (Å²) in [5.74, 6) is -0.317. The highest BCUT2D eigenvalue weighted by Crippen LogP contribution is 2.39. The van der Waals surface area contributed by atoms with Crippen molar-refractivity contribution in [3.05, 3.63) is 23.3 Å². The Bertz CT molecular complexity index is 508. The molecule has 1 aromatic carbocycles. The van der Waals surface area contributed by atoms with Gasteiger partial charge in [0.15, 0.2) is 6.10 Å². The Labute approximate surface area is 123 Å². The number of hydrogen-bond donors (Lipinski definition) is 1. The first-order chi connectivity index (χ1) is 9.76. The Morgan fingerprint density at radius 3 is 2.29 bits per heavy atom. The number of halogens is 1. The number of benzene rings is 1.